The summed E-state index contributed by atoms with van der Waals surface area (Å²) in [6.07, 6.45) is 0. The molecule has 0 aliphatic heterocycles. The highest BCUT2D eigenvalue weighted by Gasteiger charge is 2.15. The summed E-state index contributed by atoms with van der Waals surface area (Å²) in [7, 11) is 2.13. The van der Waals surface area contributed by atoms with Crippen LogP contribution in [0.5, 0.6) is 0 Å². The van der Waals surface area contributed by atoms with Gasteiger partial charge in [0.15, 0.2) is 8.32 Å². The summed E-state index contributed by atoms with van der Waals surface area (Å²) >= 11 is 0. The lowest BCUT2D eigenvalue weighted by atomic mass is 11.0. The summed E-state index contributed by atoms with van der Waals surface area (Å²) in [6, 6.07) is 1.15. The van der Waals surface area contributed by atoms with Crippen molar-refractivity contribution in [3.8, 4) is 0 Å². The van der Waals surface area contributed by atoms with E-state index in [9.17, 15) is 0 Å². The van der Waals surface area contributed by atoms with Crippen LogP contribution < -0.4 is 0 Å². The third kappa shape index (κ3) is 2.82. The van der Waals surface area contributed by atoms with Crippen molar-refractivity contribution in [2.75, 3.05) is 0 Å². The molecular weight excluding hydrogens is 104 g/mol. The van der Waals surface area contributed by atoms with Crippen molar-refractivity contribution in [1.82, 2.24) is 0 Å². The van der Waals surface area contributed by atoms with E-state index in [2.05, 4.69) is 27.1 Å². The quantitative estimate of drug-likeness (QED) is 0.503. The maximum atomic E-state index is 4.98. The maximum Gasteiger partial charge on any atom is 0.186 e. The molecule has 43 valence electrons. The molecule has 0 bridgehead atoms. The minimum absolute atomic E-state index is 1.15. The Morgan fingerprint density at radius 2 is 2.00 bits per heavy atom. The first kappa shape index (κ1) is 7.18. The van der Waals surface area contributed by atoms with Gasteiger partial charge in [0.25, 0.3) is 0 Å². The lowest BCUT2D eigenvalue weighted by Crippen LogP contribution is -2.25. The Morgan fingerprint density at radius 1 is 1.57 bits per heavy atom. The highest BCUT2D eigenvalue weighted by molar-refractivity contribution is 6.71. The smallest absolute Gasteiger partial charge is 0.186 e. The Morgan fingerprint density at radius 3 is 2.00 bits per heavy atom. The first-order valence-corrected chi connectivity index (χ1v) is 5.67. The third-order valence-electron chi connectivity index (χ3n) is 1.24. The fourth-order valence-electron chi connectivity index (χ4n) is 0.102. The number of hydrogen-bond donors (Lipinski definition) is 0. The molecule has 0 saturated heterocycles. The van der Waals surface area contributed by atoms with Crippen LogP contribution in [0.4, 0.5) is 0 Å². The van der Waals surface area contributed by atoms with Gasteiger partial charge < -0.3 is 4.43 Å². The molecule has 0 rings (SSSR count). The molecule has 0 aliphatic carbocycles. The molecular formula is C5H13OSi. The van der Waals surface area contributed by atoms with Gasteiger partial charge in [-0.25, -0.2) is 0 Å². The lowest BCUT2D eigenvalue weighted by Gasteiger charge is -2.15. The van der Waals surface area contributed by atoms with E-state index in [0.29, 0.717) is 0 Å². The summed E-state index contributed by atoms with van der Waals surface area (Å²) in [4.78, 5) is 0. The van der Waals surface area contributed by atoms with Crippen LogP contribution >= 0.6 is 0 Å². The van der Waals surface area contributed by atoms with E-state index < -0.39 is 8.32 Å². The molecule has 0 saturated carbocycles. The van der Waals surface area contributed by atoms with Crippen molar-refractivity contribution < 1.29 is 4.43 Å². The Kier molecular flexibility index (Phi) is 2.54. The van der Waals surface area contributed by atoms with Gasteiger partial charge in [-0.15, -0.1) is 0 Å². The molecule has 0 atom stereocenters. The molecule has 1 radical (unpaired) electrons. The normalized spacial score (nSPS) is 12.0. The average Bonchev–Trinajstić information content (AvgIpc) is 1.68. The fourth-order valence-corrected chi connectivity index (χ4v) is 0.306. The van der Waals surface area contributed by atoms with E-state index in [1.807, 2.05) is 0 Å². The zero-order valence-corrected chi connectivity index (χ0v) is 6.32. The van der Waals surface area contributed by atoms with Crippen molar-refractivity contribution in [2.45, 2.75) is 26.1 Å². The Hall–Kier alpha value is 0.177. The van der Waals surface area contributed by atoms with Crippen molar-refractivity contribution in [1.29, 1.82) is 0 Å². The monoisotopic (exact) mass is 117 g/mol. The van der Waals surface area contributed by atoms with E-state index in [4.69, 9.17) is 4.43 Å². The molecule has 2 heteroatoms. The molecule has 0 aromatic carbocycles. The fraction of sp³-hybridized carbons (Fsp3) is 0.800. The summed E-state index contributed by atoms with van der Waals surface area (Å²) < 4.78 is 4.98. The van der Waals surface area contributed by atoms with Crippen molar-refractivity contribution >= 4 is 8.32 Å². The van der Waals surface area contributed by atoms with Gasteiger partial charge in [0.2, 0.25) is 0 Å². The summed E-state index contributed by atoms with van der Waals surface area (Å²) in [6.45, 7) is 6.44. The standard InChI is InChI=1S/C5H13OSi/c1-5-7(3,4)6-2/h2,5H2,1,3-4H3. The Balaban J connectivity index is 3.36. The second-order valence-corrected chi connectivity index (χ2v) is 6.77. The van der Waals surface area contributed by atoms with Crippen LogP contribution in [0.1, 0.15) is 6.92 Å². The minimum atomic E-state index is -1.26. The molecule has 7 heavy (non-hydrogen) atoms. The minimum Gasteiger partial charge on any atom is -0.415 e. The van der Waals surface area contributed by atoms with Crippen LogP contribution in [-0.2, 0) is 4.43 Å². The van der Waals surface area contributed by atoms with Gasteiger partial charge in [-0.3, -0.25) is 0 Å². The van der Waals surface area contributed by atoms with Crippen molar-refractivity contribution in [2.24, 2.45) is 0 Å². The van der Waals surface area contributed by atoms with Crippen LogP contribution in [0.15, 0.2) is 0 Å². The van der Waals surface area contributed by atoms with E-state index in [1.54, 1.807) is 0 Å². The third-order valence-corrected chi connectivity index (χ3v) is 3.73. The van der Waals surface area contributed by atoms with Crippen LogP contribution in [-0.4, -0.2) is 8.32 Å². The second kappa shape index (κ2) is 2.48. The van der Waals surface area contributed by atoms with Gasteiger partial charge in [-0.1, -0.05) is 6.92 Å². The molecule has 0 N–H and O–H groups in total. The highest BCUT2D eigenvalue weighted by Crippen LogP contribution is 2.07. The molecule has 0 amide bonds. The Labute approximate surface area is 46.8 Å². The van der Waals surface area contributed by atoms with E-state index >= 15 is 0 Å². The SMILES string of the molecule is [CH2]O[Si](C)(C)CC. The van der Waals surface area contributed by atoms with Crippen LogP contribution in [0, 0.1) is 7.11 Å². The van der Waals surface area contributed by atoms with Gasteiger partial charge >= 0.3 is 0 Å². The molecule has 0 spiro atoms. The van der Waals surface area contributed by atoms with E-state index in [1.165, 1.54) is 0 Å². The predicted octanol–water partition coefficient (Wildman–Crippen LogP) is 2.02. The molecule has 0 heterocycles. The molecule has 0 aromatic rings. The number of hydrogen-bond acceptors (Lipinski definition) is 1. The predicted molar refractivity (Wildman–Crippen MR) is 34.4 cm³/mol. The number of rotatable bonds is 2. The topological polar surface area (TPSA) is 9.23 Å². The van der Waals surface area contributed by atoms with Crippen molar-refractivity contribution in [3.63, 3.8) is 0 Å². The highest BCUT2D eigenvalue weighted by atomic mass is 28.4. The van der Waals surface area contributed by atoms with Gasteiger partial charge in [-0.2, -0.15) is 0 Å². The van der Waals surface area contributed by atoms with Crippen LogP contribution in [0.3, 0.4) is 0 Å². The van der Waals surface area contributed by atoms with Gasteiger partial charge in [0.1, 0.15) is 0 Å². The first-order valence-electron chi connectivity index (χ1n) is 2.55. The summed E-state index contributed by atoms with van der Waals surface area (Å²) in [5.41, 5.74) is 0. The summed E-state index contributed by atoms with van der Waals surface area (Å²) in [5.74, 6) is 0. The lowest BCUT2D eigenvalue weighted by molar-refractivity contribution is 0.464. The van der Waals surface area contributed by atoms with Gasteiger partial charge in [-0.05, 0) is 19.1 Å². The first-order chi connectivity index (χ1) is 3.12. The maximum absolute atomic E-state index is 4.98. The molecule has 0 fully saturated rings. The summed E-state index contributed by atoms with van der Waals surface area (Å²) in [5, 5.41) is 0. The molecule has 0 aromatic heterocycles. The van der Waals surface area contributed by atoms with E-state index in [0.717, 1.165) is 6.04 Å². The molecule has 0 aliphatic rings. The molecule has 1 nitrogen and oxygen atoms in total. The zero-order valence-electron chi connectivity index (χ0n) is 5.32. The van der Waals surface area contributed by atoms with E-state index in [-0.39, 0.29) is 0 Å². The second-order valence-electron chi connectivity index (χ2n) is 2.26. The van der Waals surface area contributed by atoms with Gasteiger partial charge in [0, 0.05) is 0 Å². The molecule has 0 unspecified atom stereocenters. The van der Waals surface area contributed by atoms with Crippen LogP contribution in [0.25, 0.3) is 0 Å². The average molecular weight is 117 g/mol. The largest absolute Gasteiger partial charge is 0.415 e. The Bertz CT molecular complexity index is 46.0. The van der Waals surface area contributed by atoms with Crippen LogP contribution in [0.2, 0.25) is 19.1 Å². The zero-order chi connectivity index (χ0) is 5.91. The van der Waals surface area contributed by atoms with Crippen molar-refractivity contribution in [3.05, 3.63) is 7.11 Å². The van der Waals surface area contributed by atoms with Gasteiger partial charge in [0.05, 0.1) is 7.11 Å².